The van der Waals surface area contributed by atoms with E-state index in [0.717, 1.165) is 26.1 Å². The van der Waals surface area contributed by atoms with E-state index in [-0.39, 0.29) is 5.82 Å². The quantitative estimate of drug-likeness (QED) is 0.791. The first-order valence-electron chi connectivity index (χ1n) is 5.58. The molecule has 0 saturated carbocycles. The van der Waals surface area contributed by atoms with Gasteiger partial charge in [0.2, 0.25) is 5.88 Å². The smallest absolute Gasteiger partial charge is 0.213 e. The predicted molar refractivity (Wildman–Crippen MR) is 58.0 cm³/mol. The molecule has 1 aliphatic heterocycles. The summed E-state index contributed by atoms with van der Waals surface area (Å²) in [6.45, 7) is 3.90. The van der Waals surface area contributed by atoms with E-state index in [1.807, 2.05) is 0 Å². The molecule has 0 radical (unpaired) electrons. The van der Waals surface area contributed by atoms with Crippen LogP contribution in [0.15, 0.2) is 12.3 Å². The Balaban J connectivity index is 1.86. The highest BCUT2D eigenvalue weighted by atomic mass is 19.1. The molecule has 2 heterocycles. The summed E-state index contributed by atoms with van der Waals surface area (Å²) < 4.78 is 23.8. The first-order chi connectivity index (χ1) is 7.75. The summed E-state index contributed by atoms with van der Waals surface area (Å²) in [6.07, 6.45) is 3.41. The topological polar surface area (TPSA) is 31.4 Å². The molecule has 88 valence electrons. The largest absolute Gasteiger partial charge is 0.477 e. The highest BCUT2D eigenvalue weighted by molar-refractivity contribution is 5.20. The number of pyridine rings is 1. The Bertz CT molecular complexity index is 351. The first-order valence-corrected chi connectivity index (χ1v) is 5.58. The Kier molecular flexibility index (Phi) is 3.72. The number of halogens is 1. The number of nitrogens with zero attached hydrogens (tertiary/aromatic N) is 1. The second-order valence-electron chi connectivity index (χ2n) is 4.17. The third kappa shape index (κ3) is 2.92. The summed E-state index contributed by atoms with van der Waals surface area (Å²) in [6, 6.07) is 1.62. The molecule has 2 rings (SSSR count). The minimum atomic E-state index is -0.298. The maximum absolute atomic E-state index is 13.0. The van der Waals surface area contributed by atoms with Crippen LogP contribution in [0.2, 0.25) is 0 Å². The number of rotatable bonds is 3. The molecular weight excluding hydrogens is 209 g/mol. The van der Waals surface area contributed by atoms with Crippen LogP contribution in [0, 0.1) is 18.7 Å². The molecule has 0 spiro atoms. The molecule has 1 aliphatic rings. The minimum Gasteiger partial charge on any atom is -0.477 e. The van der Waals surface area contributed by atoms with Crippen LogP contribution in [0.4, 0.5) is 4.39 Å². The van der Waals surface area contributed by atoms with E-state index in [0.29, 0.717) is 24.0 Å². The number of aromatic nitrogens is 1. The fourth-order valence-corrected chi connectivity index (χ4v) is 1.73. The van der Waals surface area contributed by atoms with Gasteiger partial charge in [0.15, 0.2) is 0 Å². The molecule has 1 aromatic rings. The van der Waals surface area contributed by atoms with Crippen molar-refractivity contribution in [2.24, 2.45) is 5.92 Å². The van der Waals surface area contributed by atoms with Crippen LogP contribution in [-0.2, 0) is 4.74 Å². The van der Waals surface area contributed by atoms with Crippen molar-refractivity contribution in [1.29, 1.82) is 0 Å². The van der Waals surface area contributed by atoms with Crippen LogP contribution >= 0.6 is 0 Å². The molecule has 0 bridgehead atoms. The van der Waals surface area contributed by atoms with Crippen molar-refractivity contribution in [3.8, 4) is 5.88 Å². The molecule has 3 nitrogen and oxygen atoms in total. The van der Waals surface area contributed by atoms with E-state index in [9.17, 15) is 4.39 Å². The van der Waals surface area contributed by atoms with Crippen LogP contribution < -0.4 is 4.74 Å². The van der Waals surface area contributed by atoms with E-state index in [2.05, 4.69) is 4.98 Å². The zero-order chi connectivity index (χ0) is 11.4. The summed E-state index contributed by atoms with van der Waals surface area (Å²) in [5.41, 5.74) is 0.560. The van der Waals surface area contributed by atoms with Crippen LogP contribution in [0.5, 0.6) is 5.88 Å². The van der Waals surface area contributed by atoms with Gasteiger partial charge >= 0.3 is 0 Å². The van der Waals surface area contributed by atoms with Crippen molar-refractivity contribution in [3.05, 3.63) is 23.6 Å². The van der Waals surface area contributed by atoms with E-state index in [4.69, 9.17) is 9.47 Å². The van der Waals surface area contributed by atoms with E-state index >= 15 is 0 Å². The highest BCUT2D eigenvalue weighted by Gasteiger charge is 2.14. The van der Waals surface area contributed by atoms with Gasteiger partial charge in [-0.05, 0) is 25.3 Å². The van der Waals surface area contributed by atoms with Gasteiger partial charge in [-0.15, -0.1) is 0 Å². The normalized spacial score (nSPS) is 20.8. The van der Waals surface area contributed by atoms with Gasteiger partial charge in [-0.1, -0.05) is 0 Å². The molecular formula is C12H16FNO2. The van der Waals surface area contributed by atoms with Gasteiger partial charge in [0.1, 0.15) is 5.82 Å². The molecule has 1 aromatic heterocycles. The third-order valence-electron chi connectivity index (χ3n) is 2.74. The Morgan fingerprint density at radius 3 is 3.19 bits per heavy atom. The van der Waals surface area contributed by atoms with E-state index in [1.54, 1.807) is 13.0 Å². The van der Waals surface area contributed by atoms with Gasteiger partial charge in [0.05, 0.1) is 19.4 Å². The summed E-state index contributed by atoms with van der Waals surface area (Å²) in [5, 5.41) is 0. The summed E-state index contributed by atoms with van der Waals surface area (Å²) >= 11 is 0. The lowest BCUT2D eigenvalue weighted by atomic mass is 10.0. The number of hydrogen-bond acceptors (Lipinski definition) is 3. The van der Waals surface area contributed by atoms with Gasteiger partial charge in [0.25, 0.3) is 0 Å². The van der Waals surface area contributed by atoms with Crippen molar-refractivity contribution in [2.75, 3.05) is 19.8 Å². The molecule has 0 N–H and O–H groups in total. The van der Waals surface area contributed by atoms with Gasteiger partial charge < -0.3 is 9.47 Å². The molecule has 1 atom stereocenters. The summed E-state index contributed by atoms with van der Waals surface area (Å²) in [4.78, 5) is 3.89. The van der Waals surface area contributed by atoms with Gasteiger partial charge in [-0.25, -0.2) is 9.37 Å². The number of ether oxygens (including phenoxy) is 2. The van der Waals surface area contributed by atoms with Crippen molar-refractivity contribution >= 4 is 0 Å². The standard InChI is InChI=1S/C12H16FNO2/c1-9-5-12(14-6-11(9)13)16-8-10-3-2-4-15-7-10/h5-6,10H,2-4,7-8H2,1H3. The minimum absolute atomic E-state index is 0.298. The zero-order valence-electron chi connectivity index (χ0n) is 9.41. The van der Waals surface area contributed by atoms with Crippen LogP contribution in [0.3, 0.4) is 0 Å². The van der Waals surface area contributed by atoms with Gasteiger partial charge in [-0.3, -0.25) is 0 Å². The van der Waals surface area contributed by atoms with E-state index < -0.39 is 0 Å². The SMILES string of the molecule is Cc1cc(OCC2CCCOC2)ncc1F. The molecule has 4 heteroatoms. The lowest BCUT2D eigenvalue weighted by Crippen LogP contribution is -2.23. The van der Waals surface area contributed by atoms with Crippen LogP contribution in [-0.4, -0.2) is 24.8 Å². The zero-order valence-corrected chi connectivity index (χ0v) is 9.41. The fourth-order valence-electron chi connectivity index (χ4n) is 1.73. The average molecular weight is 225 g/mol. The fraction of sp³-hybridized carbons (Fsp3) is 0.583. The number of aryl methyl sites for hydroxylation is 1. The Hall–Kier alpha value is -1.16. The molecule has 1 saturated heterocycles. The second kappa shape index (κ2) is 5.25. The van der Waals surface area contributed by atoms with Gasteiger partial charge in [0, 0.05) is 18.6 Å². The molecule has 0 aromatic carbocycles. The molecule has 16 heavy (non-hydrogen) atoms. The molecule has 0 aliphatic carbocycles. The highest BCUT2D eigenvalue weighted by Crippen LogP contribution is 2.17. The van der Waals surface area contributed by atoms with Crippen LogP contribution in [0.1, 0.15) is 18.4 Å². The lowest BCUT2D eigenvalue weighted by molar-refractivity contribution is 0.0344. The van der Waals surface area contributed by atoms with E-state index in [1.165, 1.54) is 6.20 Å². The monoisotopic (exact) mass is 225 g/mol. The molecule has 1 unspecified atom stereocenters. The third-order valence-corrected chi connectivity index (χ3v) is 2.74. The first kappa shape index (κ1) is 11.3. The molecule has 0 amide bonds. The molecule has 1 fully saturated rings. The van der Waals surface area contributed by atoms with Crippen molar-refractivity contribution in [3.63, 3.8) is 0 Å². The summed E-state index contributed by atoms with van der Waals surface area (Å²) in [7, 11) is 0. The summed E-state index contributed by atoms with van der Waals surface area (Å²) in [5.74, 6) is 0.624. The maximum atomic E-state index is 13.0. The van der Waals surface area contributed by atoms with Crippen molar-refractivity contribution in [2.45, 2.75) is 19.8 Å². The van der Waals surface area contributed by atoms with Gasteiger partial charge in [-0.2, -0.15) is 0 Å². The predicted octanol–water partition coefficient (Wildman–Crippen LogP) is 2.33. The Labute approximate surface area is 94.6 Å². The number of hydrogen-bond donors (Lipinski definition) is 0. The van der Waals surface area contributed by atoms with Crippen molar-refractivity contribution < 1.29 is 13.9 Å². The maximum Gasteiger partial charge on any atom is 0.213 e. The van der Waals surface area contributed by atoms with Crippen LogP contribution in [0.25, 0.3) is 0 Å². The Morgan fingerprint density at radius 1 is 1.62 bits per heavy atom. The lowest BCUT2D eigenvalue weighted by Gasteiger charge is -2.21. The average Bonchev–Trinajstić information content (AvgIpc) is 2.32. The van der Waals surface area contributed by atoms with Crippen molar-refractivity contribution in [1.82, 2.24) is 4.98 Å². The second-order valence-corrected chi connectivity index (χ2v) is 4.17. The Morgan fingerprint density at radius 2 is 2.50 bits per heavy atom.